The Morgan fingerprint density at radius 1 is 0.829 bits per heavy atom. The first-order valence-electron chi connectivity index (χ1n) is 11.0. The molecule has 6 rings (SSSR count). The Kier molecular flexibility index (Phi) is 4.78. The predicted octanol–water partition coefficient (Wildman–Crippen LogP) is 4.17. The van der Waals surface area contributed by atoms with E-state index in [1.165, 1.54) is 36.4 Å². The summed E-state index contributed by atoms with van der Waals surface area (Å²) >= 11 is 5.95. The van der Waals surface area contributed by atoms with Crippen molar-refractivity contribution >= 4 is 35.0 Å². The number of ketones is 2. The number of carbonyl (C=O) groups excluding carboxylic acids is 4. The molecule has 3 aromatic rings. The van der Waals surface area contributed by atoms with Crippen LogP contribution in [0.2, 0.25) is 5.02 Å². The molecule has 0 saturated carbocycles. The number of amides is 2. The summed E-state index contributed by atoms with van der Waals surface area (Å²) in [6, 6.07) is 18.3. The van der Waals surface area contributed by atoms with Gasteiger partial charge in [-0.05, 0) is 35.4 Å². The Labute approximate surface area is 204 Å². The number of halogens is 2. The Hall–Kier alpha value is -3.68. The maximum Gasteiger partial charge on any atom is 0.237 e. The maximum atomic E-state index is 13.7. The predicted molar refractivity (Wildman–Crippen MR) is 122 cm³/mol. The molecule has 1 aliphatic carbocycles. The van der Waals surface area contributed by atoms with Crippen LogP contribution in [-0.2, 0) is 20.9 Å². The van der Waals surface area contributed by atoms with Gasteiger partial charge in [0, 0.05) is 16.1 Å². The van der Waals surface area contributed by atoms with Gasteiger partial charge in [0.2, 0.25) is 29.0 Å². The second-order valence-electron chi connectivity index (χ2n) is 8.92. The molecule has 2 aliphatic heterocycles. The largest absolute Gasteiger partial charge is 0.349 e. The highest BCUT2D eigenvalue weighted by molar-refractivity contribution is 6.35. The normalized spacial score (nSPS) is 24.4. The van der Waals surface area contributed by atoms with Crippen LogP contribution in [0, 0.1) is 17.7 Å². The molecule has 35 heavy (non-hydrogen) atoms. The summed E-state index contributed by atoms with van der Waals surface area (Å²) in [5.41, 5.74) is -0.754. The lowest BCUT2D eigenvalue weighted by atomic mass is 9.77. The molecule has 2 saturated heterocycles. The van der Waals surface area contributed by atoms with Gasteiger partial charge in [-0.2, -0.15) is 0 Å². The van der Waals surface area contributed by atoms with Gasteiger partial charge in [-0.25, -0.2) is 4.39 Å². The molecule has 3 unspecified atom stereocenters. The number of hydrogen-bond acceptors (Lipinski definition) is 5. The highest BCUT2D eigenvalue weighted by atomic mass is 35.5. The van der Waals surface area contributed by atoms with Gasteiger partial charge in [-0.1, -0.05) is 60.1 Å². The standard InChI is InChI=1S/C27H17ClFNO5/c28-16-9-5-14(6-10-16)13-30-25(33)20-21(26(30)34)27(35-22(20)15-7-11-17(29)12-8-15)23(31)18-3-1-2-4-19(18)24(27)32/h1-12,20-22H,13H2. The zero-order valence-corrected chi connectivity index (χ0v) is 18.9. The maximum absolute atomic E-state index is 13.7. The Morgan fingerprint density at radius 2 is 1.43 bits per heavy atom. The van der Waals surface area contributed by atoms with Gasteiger partial charge >= 0.3 is 0 Å². The number of ether oxygens (including phenoxy) is 1. The van der Waals surface area contributed by atoms with Crippen molar-refractivity contribution in [2.24, 2.45) is 11.8 Å². The van der Waals surface area contributed by atoms with E-state index in [-0.39, 0.29) is 17.7 Å². The molecule has 0 N–H and O–H groups in total. The molecule has 2 fully saturated rings. The summed E-state index contributed by atoms with van der Waals surface area (Å²) in [5.74, 6) is -5.38. The van der Waals surface area contributed by atoms with Gasteiger partial charge in [-0.3, -0.25) is 24.1 Å². The van der Waals surface area contributed by atoms with Crippen LogP contribution >= 0.6 is 11.6 Å². The summed E-state index contributed by atoms with van der Waals surface area (Å²) in [7, 11) is 0. The number of Topliss-reactive ketones (excluding diaryl/α,β-unsaturated/α-hetero) is 2. The molecule has 3 aromatic carbocycles. The number of fused-ring (bicyclic) bond motifs is 3. The second-order valence-corrected chi connectivity index (χ2v) is 9.36. The van der Waals surface area contributed by atoms with Crippen molar-refractivity contribution in [3.8, 4) is 0 Å². The number of hydrogen-bond donors (Lipinski definition) is 0. The van der Waals surface area contributed by atoms with E-state index >= 15 is 0 Å². The van der Waals surface area contributed by atoms with Crippen molar-refractivity contribution in [1.29, 1.82) is 0 Å². The quantitative estimate of drug-likeness (QED) is 0.407. The molecule has 3 atom stereocenters. The highest BCUT2D eigenvalue weighted by Crippen LogP contribution is 2.57. The summed E-state index contributed by atoms with van der Waals surface area (Å²) < 4.78 is 19.8. The summed E-state index contributed by atoms with van der Waals surface area (Å²) in [6.45, 7) is -0.0383. The smallest absolute Gasteiger partial charge is 0.237 e. The van der Waals surface area contributed by atoms with Crippen LogP contribution in [0.15, 0.2) is 72.8 Å². The van der Waals surface area contributed by atoms with E-state index in [4.69, 9.17) is 16.3 Å². The second kappa shape index (κ2) is 7.66. The van der Waals surface area contributed by atoms with Crippen LogP contribution < -0.4 is 0 Å². The lowest BCUT2D eigenvalue weighted by molar-refractivity contribution is -0.145. The lowest BCUT2D eigenvalue weighted by Crippen LogP contribution is -2.50. The minimum Gasteiger partial charge on any atom is -0.349 e. The molecular weight excluding hydrogens is 473 g/mol. The Morgan fingerprint density at radius 3 is 2.03 bits per heavy atom. The van der Waals surface area contributed by atoms with E-state index in [9.17, 15) is 23.6 Å². The first-order valence-corrected chi connectivity index (χ1v) is 11.4. The van der Waals surface area contributed by atoms with Crippen LogP contribution in [0.4, 0.5) is 4.39 Å². The van der Waals surface area contributed by atoms with E-state index < -0.39 is 52.7 Å². The number of nitrogens with zero attached hydrogens (tertiary/aromatic N) is 1. The van der Waals surface area contributed by atoms with Crippen molar-refractivity contribution < 1.29 is 28.3 Å². The zero-order valence-electron chi connectivity index (χ0n) is 18.1. The molecule has 1 spiro atoms. The number of benzene rings is 3. The van der Waals surface area contributed by atoms with Crippen molar-refractivity contribution in [3.63, 3.8) is 0 Å². The average Bonchev–Trinajstić information content (AvgIpc) is 3.42. The minimum absolute atomic E-state index is 0.0383. The fourth-order valence-electron chi connectivity index (χ4n) is 5.46. The van der Waals surface area contributed by atoms with E-state index in [1.54, 1.807) is 36.4 Å². The van der Waals surface area contributed by atoms with Gasteiger partial charge in [0.25, 0.3) is 0 Å². The number of likely N-dealkylation sites (tertiary alicyclic amines) is 1. The topological polar surface area (TPSA) is 80.8 Å². The van der Waals surface area contributed by atoms with E-state index in [0.717, 1.165) is 4.90 Å². The van der Waals surface area contributed by atoms with Gasteiger partial charge in [0.15, 0.2) is 0 Å². The van der Waals surface area contributed by atoms with Crippen LogP contribution in [0.5, 0.6) is 0 Å². The van der Waals surface area contributed by atoms with E-state index in [2.05, 4.69) is 0 Å². The molecule has 0 bridgehead atoms. The molecule has 8 heteroatoms. The van der Waals surface area contributed by atoms with Crippen molar-refractivity contribution in [2.75, 3.05) is 0 Å². The Balaban J connectivity index is 1.48. The zero-order chi connectivity index (χ0) is 24.5. The van der Waals surface area contributed by atoms with Crippen LogP contribution in [0.25, 0.3) is 0 Å². The molecule has 2 heterocycles. The molecule has 0 aromatic heterocycles. The van der Waals surface area contributed by atoms with Crippen molar-refractivity contribution in [2.45, 2.75) is 18.2 Å². The summed E-state index contributed by atoms with van der Waals surface area (Å²) in [4.78, 5) is 55.8. The molecule has 174 valence electrons. The Bertz CT molecular complexity index is 1380. The molecule has 3 aliphatic rings. The number of imide groups is 1. The lowest BCUT2D eigenvalue weighted by Gasteiger charge is -2.27. The third kappa shape index (κ3) is 2.98. The summed E-state index contributed by atoms with van der Waals surface area (Å²) in [6.07, 6.45) is -1.07. The van der Waals surface area contributed by atoms with Gasteiger partial charge in [0.05, 0.1) is 24.5 Å². The minimum atomic E-state index is -2.14. The third-order valence-corrected chi connectivity index (χ3v) is 7.31. The van der Waals surface area contributed by atoms with E-state index in [0.29, 0.717) is 16.1 Å². The van der Waals surface area contributed by atoms with Crippen LogP contribution in [-0.4, -0.2) is 33.9 Å². The fourth-order valence-corrected chi connectivity index (χ4v) is 5.58. The van der Waals surface area contributed by atoms with Gasteiger partial charge < -0.3 is 4.74 Å². The average molecular weight is 490 g/mol. The van der Waals surface area contributed by atoms with Gasteiger partial charge in [0.1, 0.15) is 5.82 Å². The third-order valence-electron chi connectivity index (χ3n) is 7.06. The SMILES string of the molecule is O=C1C2C(c3ccc(F)cc3)OC3(C(=O)c4ccccc4C3=O)C2C(=O)N1Cc1ccc(Cl)cc1. The van der Waals surface area contributed by atoms with Gasteiger partial charge in [-0.15, -0.1) is 0 Å². The molecular formula is C27H17ClFNO5. The van der Waals surface area contributed by atoms with Crippen LogP contribution in [0.1, 0.15) is 37.9 Å². The van der Waals surface area contributed by atoms with E-state index in [1.807, 2.05) is 0 Å². The number of carbonyl (C=O) groups is 4. The molecule has 0 radical (unpaired) electrons. The molecule has 2 amide bonds. The van der Waals surface area contributed by atoms with Crippen LogP contribution in [0.3, 0.4) is 0 Å². The first-order chi connectivity index (χ1) is 16.8. The monoisotopic (exact) mass is 489 g/mol. The highest BCUT2D eigenvalue weighted by Gasteiger charge is 2.74. The first kappa shape index (κ1) is 21.8. The fraction of sp³-hybridized carbons (Fsp3) is 0.185. The van der Waals surface area contributed by atoms with Crippen molar-refractivity contribution in [1.82, 2.24) is 4.90 Å². The van der Waals surface area contributed by atoms with Crippen molar-refractivity contribution in [3.05, 3.63) is 106 Å². The molecule has 6 nitrogen and oxygen atoms in total. The summed E-state index contributed by atoms with van der Waals surface area (Å²) in [5, 5.41) is 0.508. The number of rotatable bonds is 3.